The zero-order chi connectivity index (χ0) is 12.3. The molecule has 0 unspecified atom stereocenters. The summed E-state index contributed by atoms with van der Waals surface area (Å²) in [4.78, 5) is 14.5. The Morgan fingerprint density at radius 2 is 2.29 bits per heavy atom. The van der Waals surface area contributed by atoms with E-state index in [1.807, 2.05) is 0 Å². The lowest BCUT2D eigenvalue weighted by molar-refractivity contribution is 0.0690. The van der Waals surface area contributed by atoms with E-state index in [2.05, 4.69) is 10.3 Å². The van der Waals surface area contributed by atoms with Crippen molar-refractivity contribution >= 4 is 5.97 Å². The third-order valence-corrected chi connectivity index (χ3v) is 3.21. The molecule has 1 aromatic rings. The number of nitrogens with two attached hydrogens (primary N) is 1. The molecule has 1 aliphatic rings. The van der Waals surface area contributed by atoms with Crippen LogP contribution in [0.5, 0.6) is 0 Å². The van der Waals surface area contributed by atoms with Gasteiger partial charge >= 0.3 is 5.97 Å². The molecule has 0 aromatic carbocycles. The highest BCUT2D eigenvalue weighted by molar-refractivity contribution is 5.85. The Morgan fingerprint density at radius 1 is 1.53 bits per heavy atom. The minimum absolute atomic E-state index is 0.0839. The summed E-state index contributed by atoms with van der Waals surface area (Å²) in [5.74, 6) is -0.325. The van der Waals surface area contributed by atoms with Gasteiger partial charge in [0, 0.05) is 18.8 Å². The van der Waals surface area contributed by atoms with Gasteiger partial charge in [-0.3, -0.25) is 0 Å². The number of aromatic carboxylic acids is 1. The first-order valence-corrected chi connectivity index (χ1v) is 5.80. The van der Waals surface area contributed by atoms with Crippen LogP contribution in [0, 0.1) is 5.92 Å². The highest BCUT2D eigenvalue weighted by Crippen LogP contribution is 2.26. The first kappa shape index (κ1) is 12.0. The van der Waals surface area contributed by atoms with Gasteiger partial charge in [0.2, 0.25) is 0 Å². The summed E-state index contributed by atoms with van der Waals surface area (Å²) >= 11 is 0. The smallest absolute Gasteiger partial charge is 0.354 e. The number of aromatic nitrogens is 1. The van der Waals surface area contributed by atoms with Crippen molar-refractivity contribution in [1.82, 2.24) is 10.3 Å². The number of carbonyl (C=O) groups is 1. The summed E-state index contributed by atoms with van der Waals surface area (Å²) < 4.78 is 0. The Labute approximate surface area is 100 Å². The Hall–Kier alpha value is -1.46. The van der Waals surface area contributed by atoms with E-state index in [0.717, 1.165) is 31.5 Å². The molecule has 0 saturated heterocycles. The molecule has 5 nitrogen and oxygen atoms in total. The maximum absolute atomic E-state index is 10.6. The summed E-state index contributed by atoms with van der Waals surface area (Å²) in [6.07, 6.45) is 3.88. The SMILES string of the molecule is NCC1CC(NCc2ccc(C(=O)O)nc2)C1. The molecule has 1 saturated carbocycles. The predicted octanol–water partition coefficient (Wildman–Crippen LogP) is 0.607. The van der Waals surface area contributed by atoms with Crippen molar-refractivity contribution in [3.63, 3.8) is 0 Å². The van der Waals surface area contributed by atoms with Gasteiger partial charge in [0.25, 0.3) is 0 Å². The molecule has 1 aliphatic carbocycles. The van der Waals surface area contributed by atoms with Gasteiger partial charge in [-0.2, -0.15) is 0 Å². The van der Waals surface area contributed by atoms with Gasteiger partial charge in [0.15, 0.2) is 0 Å². The second-order valence-electron chi connectivity index (χ2n) is 4.51. The Kier molecular flexibility index (Phi) is 3.71. The largest absolute Gasteiger partial charge is 0.477 e. The molecular formula is C12H17N3O2. The molecule has 92 valence electrons. The molecule has 0 spiro atoms. The number of hydrogen-bond acceptors (Lipinski definition) is 4. The highest BCUT2D eigenvalue weighted by atomic mass is 16.4. The van der Waals surface area contributed by atoms with Crippen LogP contribution < -0.4 is 11.1 Å². The van der Waals surface area contributed by atoms with Crippen LogP contribution in [0.3, 0.4) is 0 Å². The van der Waals surface area contributed by atoms with Crippen molar-refractivity contribution < 1.29 is 9.90 Å². The van der Waals surface area contributed by atoms with Gasteiger partial charge in [-0.1, -0.05) is 6.07 Å². The summed E-state index contributed by atoms with van der Waals surface area (Å²) in [7, 11) is 0. The van der Waals surface area contributed by atoms with Gasteiger partial charge in [0.05, 0.1) is 0 Å². The second-order valence-corrected chi connectivity index (χ2v) is 4.51. The van der Waals surface area contributed by atoms with Gasteiger partial charge in [-0.25, -0.2) is 9.78 Å². The molecule has 0 amide bonds. The average Bonchev–Trinajstić information content (AvgIpc) is 2.28. The van der Waals surface area contributed by atoms with E-state index < -0.39 is 5.97 Å². The molecule has 1 aromatic heterocycles. The lowest BCUT2D eigenvalue weighted by atomic mass is 9.80. The molecule has 0 bridgehead atoms. The number of rotatable bonds is 5. The van der Waals surface area contributed by atoms with Crippen molar-refractivity contribution in [1.29, 1.82) is 0 Å². The Bertz CT molecular complexity index is 385. The Balaban J connectivity index is 1.78. The fourth-order valence-electron chi connectivity index (χ4n) is 2.01. The highest BCUT2D eigenvalue weighted by Gasteiger charge is 2.26. The lowest BCUT2D eigenvalue weighted by Crippen LogP contribution is -2.43. The topological polar surface area (TPSA) is 88.2 Å². The maximum atomic E-state index is 10.6. The quantitative estimate of drug-likeness (QED) is 0.695. The first-order chi connectivity index (χ1) is 8.19. The normalized spacial score (nSPS) is 23.1. The van der Waals surface area contributed by atoms with Crippen LogP contribution in [0.25, 0.3) is 0 Å². The van der Waals surface area contributed by atoms with Crippen molar-refractivity contribution in [3.05, 3.63) is 29.6 Å². The molecule has 5 heteroatoms. The third kappa shape index (κ3) is 3.01. The van der Waals surface area contributed by atoms with Crippen LogP contribution in [-0.2, 0) is 6.54 Å². The molecule has 4 N–H and O–H groups in total. The molecule has 2 rings (SSSR count). The molecule has 0 radical (unpaired) electrons. The fourth-order valence-corrected chi connectivity index (χ4v) is 2.01. The van der Waals surface area contributed by atoms with Crippen LogP contribution in [0.1, 0.15) is 28.9 Å². The second kappa shape index (κ2) is 5.25. The number of carboxylic acids is 1. The van der Waals surface area contributed by atoms with E-state index in [4.69, 9.17) is 10.8 Å². The molecular weight excluding hydrogens is 218 g/mol. The molecule has 17 heavy (non-hydrogen) atoms. The summed E-state index contributed by atoms with van der Waals surface area (Å²) in [5, 5.41) is 12.1. The van der Waals surface area contributed by atoms with Gasteiger partial charge in [-0.15, -0.1) is 0 Å². The van der Waals surface area contributed by atoms with E-state index >= 15 is 0 Å². The molecule has 0 aliphatic heterocycles. The van der Waals surface area contributed by atoms with Gasteiger partial charge in [-0.05, 0) is 36.9 Å². The monoisotopic (exact) mass is 235 g/mol. The van der Waals surface area contributed by atoms with Crippen molar-refractivity contribution in [2.24, 2.45) is 11.7 Å². The minimum Gasteiger partial charge on any atom is -0.477 e. The van der Waals surface area contributed by atoms with Gasteiger partial charge < -0.3 is 16.2 Å². The average molecular weight is 235 g/mol. The molecule has 0 atom stereocenters. The van der Waals surface area contributed by atoms with Crippen LogP contribution in [0.4, 0.5) is 0 Å². The van der Waals surface area contributed by atoms with E-state index in [-0.39, 0.29) is 5.69 Å². The number of nitrogens with zero attached hydrogens (tertiary/aromatic N) is 1. The van der Waals surface area contributed by atoms with E-state index in [0.29, 0.717) is 12.0 Å². The summed E-state index contributed by atoms with van der Waals surface area (Å²) in [6, 6.07) is 3.87. The zero-order valence-electron chi connectivity index (χ0n) is 9.60. The van der Waals surface area contributed by atoms with Crippen LogP contribution in [0.2, 0.25) is 0 Å². The number of nitrogens with one attached hydrogen (secondary N) is 1. The Morgan fingerprint density at radius 3 is 2.82 bits per heavy atom. The van der Waals surface area contributed by atoms with E-state index in [1.165, 1.54) is 6.07 Å². The zero-order valence-corrected chi connectivity index (χ0v) is 9.60. The number of hydrogen-bond donors (Lipinski definition) is 3. The summed E-state index contributed by atoms with van der Waals surface area (Å²) in [5.41, 5.74) is 6.64. The molecule has 1 fully saturated rings. The fraction of sp³-hybridized carbons (Fsp3) is 0.500. The van der Waals surface area contributed by atoms with E-state index in [1.54, 1.807) is 12.3 Å². The maximum Gasteiger partial charge on any atom is 0.354 e. The van der Waals surface area contributed by atoms with Crippen LogP contribution in [0.15, 0.2) is 18.3 Å². The first-order valence-electron chi connectivity index (χ1n) is 5.80. The standard InChI is InChI=1S/C12H17N3O2/c13-5-9-3-10(4-9)14-6-8-1-2-11(12(16)17)15-7-8/h1-2,7,9-10,14H,3-6,13H2,(H,16,17). The summed E-state index contributed by atoms with van der Waals surface area (Å²) in [6.45, 7) is 1.50. The van der Waals surface area contributed by atoms with Crippen molar-refractivity contribution in [2.75, 3.05) is 6.54 Å². The molecule has 1 heterocycles. The third-order valence-electron chi connectivity index (χ3n) is 3.21. The van der Waals surface area contributed by atoms with Gasteiger partial charge in [0.1, 0.15) is 5.69 Å². The predicted molar refractivity (Wildman–Crippen MR) is 63.6 cm³/mol. The van der Waals surface area contributed by atoms with Crippen molar-refractivity contribution in [2.45, 2.75) is 25.4 Å². The number of carboxylic acid groups (broad SMARTS) is 1. The number of pyridine rings is 1. The van der Waals surface area contributed by atoms with Crippen LogP contribution in [-0.4, -0.2) is 28.6 Å². The van der Waals surface area contributed by atoms with E-state index in [9.17, 15) is 4.79 Å². The van der Waals surface area contributed by atoms with Crippen LogP contribution >= 0.6 is 0 Å². The lowest BCUT2D eigenvalue weighted by Gasteiger charge is -2.35. The van der Waals surface area contributed by atoms with Crippen molar-refractivity contribution in [3.8, 4) is 0 Å². The minimum atomic E-state index is -0.991.